The van der Waals surface area contributed by atoms with Crippen molar-refractivity contribution >= 4 is 28.1 Å². The predicted octanol–water partition coefficient (Wildman–Crippen LogP) is 7.21. The van der Waals surface area contributed by atoms with Gasteiger partial charge in [-0.25, -0.2) is 0 Å². The molecule has 0 aromatic heterocycles. The van der Waals surface area contributed by atoms with Gasteiger partial charge in [0, 0.05) is 30.6 Å². The molecule has 37 heavy (non-hydrogen) atoms. The van der Waals surface area contributed by atoms with Crippen LogP contribution in [-0.2, 0) is 0 Å². The van der Waals surface area contributed by atoms with E-state index in [2.05, 4.69) is 47.3 Å². The molecule has 1 saturated carbocycles. The van der Waals surface area contributed by atoms with Crippen LogP contribution in [0.2, 0.25) is 0 Å². The average molecular weight is 493 g/mol. The van der Waals surface area contributed by atoms with Crippen molar-refractivity contribution in [1.82, 2.24) is 10.2 Å². The van der Waals surface area contributed by atoms with Crippen LogP contribution in [0.3, 0.4) is 0 Å². The molecule has 6 heteroatoms. The van der Waals surface area contributed by atoms with Crippen LogP contribution in [0, 0.1) is 10.1 Å². The minimum absolute atomic E-state index is 0.0987. The summed E-state index contributed by atoms with van der Waals surface area (Å²) in [5.74, 6) is 0.876. The summed E-state index contributed by atoms with van der Waals surface area (Å²) in [5, 5.41) is 15.1. The highest BCUT2D eigenvalue weighted by Gasteiger charge is 2.21. The first-order valence-electron chi connectivity index (χ1n) is 12.2. The number of nitrogen functional groups attached to an aromatic ring is 1. The molecule has 0 aliphatic heterocycles. The summed E-state index contributed by atoms with van der Waals surface area (Å²) in [6, 6.07) is 25.2. The predicted molar refractivity (Wildman–Crippen MR) is 153 cm³/mol. The Hall–Kier alpha value is -4.58. The molecule has 0 saturated heterocycles. The zero-order valence-corrected chi connectivity index (χ0v) is 21.5. The number of benzene rings is 3. The van der Waals surface area contributed by atoms with Crippen LogP contribution < -0.4 is 11.1 Å². The van der Waals surface area contributed by atoms with Gasteiger partial charge in [0.2, 0.25) is 0 Å². The highest BCUT2D eigenvalue weighted by atomic mass is 16.6. The lowest BCUT2D eigenvalue weighted by Gasteiger charge is -2.27. The third kappa shape index (κ3) is 5.98. The van der Waals surface area contributed by atoms with Gasteiger partial charge in [-0.1, -0.05) is 78.9 Å². The number of anilines is 1. The first-order valence-corrected chi connectivity index (χ1v) is 12.2. The van der Waals surface area contributed by atoms with E-state index >= 15 is 0 Å². The van der Waals surface area contributed by atoms with E-state index in [1.165, 1.54) is 11.6 Å². The highest BCUT2D eigenvalue weighted by Crippen LogP contribution is 2.36. The third-order valence-corrected chi connectivity index (χ3v) is 6.52. The molecule has 4 rings (SSSR count). The number of rotatable bonds is 9. The van der Waals surface area contributed by atoms with E-state index in [0.29, 0.717) is 0 Å². The van der Waals surface area contributed by atoms with E-state index in [0.717, 1.165) is 57.8 Å². The number of nitro groups is 1. The van der Waals surface area contributed by atoms with Crippen molar-refractivity contribution in [2.24, 2.45) is 0 Å². The molecule has 1 aliphatic rings. The van der Waals surface area contributed by atoms with E-state index in [-0.39, 0.29) is 11.4 Å². The zero-order valence-electron chi connectivity index (χ0n) is 21.5. The second kappa shape index (κ2) is 11.0. The second-order valence-corrected chi connectivity index (χ2v) is 9.24. The molecule has 0 heterocycles. The lowest BCUT2D eigenvalue weighted by molar-refractivity contribution is -0.383. The fourth-order valence-electron chi connectivity index (χ4n) is 4.13. The van der Waals surface area contributed by atoms with Crippen molar-refractivity contribution in [3.05, 3.63) is 136 Å². The van der Waals surface area contributed by atoms with Gasteiger partial charge < -0.3 is 16.0 Å². The number of nitro benzene ring substituents is 1. The summed E-state index contributed by atoms with van der Waals surface area (Å²) < 4.78 is 0. The number of nitrogens with one attached hydrogen (secondary N) is 1. The fraction of sp³-hybridized carbons (Fsp3) is 0.161. The molecule has 1 fully saturated rings. The molecule has 6 nitrogen and oxygen atoms in total. The van der Waals surface area contributed by atoms with E-state index in [9.17, 15) is 10.1 Å². The normalized spacial score (nSPS) is 13.8. The van der Waals surface area contributed by atoms with E-state index in [1.54, 1.807) is 6.07 Å². The molecule has 3 aromatic carbocycles. The van der Waals surface area contributed by atoms with Crippen LogP contribution in [0.15, 0.2) is 109 Å². The highest BCUT2D eigenvalue weighted by molar-refractivity contribution is 6.05. The van der Waals surface area contributed by atoms with Gasteiger partial charge in [-0.05, 0) is 60.6 Å². The Kier molecular flexibility index (Phi) is 7.58. The Balaban J connectivity index is 1.87. The van der Waals surface area contributed by atoms with Crippen LogP contribution >= 0.6 is 0 Å². The Labute approximate surface area is 218 Å². The number of hydrogen-bond acceptors (Lipinski definition) is 5. The molecule has 188 valence electrons. The van der Waals surface area contributed by atoms with E-state index in [1.807, 2.05) is 63.4 Å². The molecular weight excluding hydrogens is 460 g/mol. The third-order valence-electron chi connectivity index (χ3n) is 6.52. The first-order chi connectivity index (χ1) is 17.8. The molecule has 0 unspecified atom stereocenters. The van der Waals surface area contributed by atoms with Crippen molar-refractivity contribution in [3.63, 3.8) is 0 Å². The van der Waals surface area contributed by atoms with Gasteiger partial charge in [0.25, 0.3) is 5.69 Å². The van der Waals surface area contributed by atoms with Gasteiger partial charge in [0.15, 0.2) is 0 Å². The zero-order chi connectivity index (χ0) is 26.5. The summed E-state index contributed by atoms with van der Waals surface area (Å²) >= 11 is 0. The smallest absolute Gasteiger partial charge is 0.292 e. The second-order valence-electron chi connectivity index (χ2n) is 9.24. The minimum Gasteiger partial charge on any atom is -0.393 e. The summed E-state index contributed by atoms with van der Waals surface area (Å²) in [5.41, 5.74) is 13.7. The van der Waals surface area contributed by atoms with Crippen LogP contribution in [-0.4, -0.2) is 16.9 Å². The van der Waals surface area contributed by atoms with Crippen molar-refractivity contribution in [2.75, 3.05) is 12.8 Å². The fourth-order valence-corrected chi connectivity index (χ4v) is 4.13. The number of allylic oxidation sites excluding steroid dienone is 5. The van der Waals surface area contributed by atoms with Crippen molar-refractivity contribution in [1.29, 1.82) is 0 Å². The summed E-state index contributed by atoms with van der Waals surface area (Å²) in [6.45, 7) is 8.42. The molecule has 3 N–H and O–H groups in total. The van der Waals surface area contributed by atoms with Gasteiger partial charge in [-0.2, -0.15) is 0 Å². The molecule has 0 atom stereocenters. The SMILES string of the molecule is C=C(/C(=C(/N/C(C)=C(\C)c1ccc(N)c([N+](=O)[O-])c1)N(C)C=C1CC1)c1ccccc1)c1ccccc1. The van der Waals surface area contributed by atoms with Gasteiger partial charge in [0.05, 0.1) is 4.92 Å². The van der Waals surface area contributed by atoms with E-state index in [4.69, 9.17) is 5.73 Å². The Morgan fingerprint density at radius 1 is 0.973 bits per heavy atom. The van der Waals surface area contributed by atoms with Crippen LogP contribution in [0.4, 0.5) is 11.4 Å². The van der Waals surface area contributed by atoms with Crippen LogP contribution in [0.25, 0.3) is 16.7 Å². The Morgan fingerprint density at radius 2 is 1.57 bits per heavy atom. The van der Waals surface area contributed by atoms with Gasteiger partial charge in [-0.3, -0.25) is 10.1 Å². The maximum atomic E-state index is 11.5. The Bertz CT molecular complexity index is 1410. The van der Waals surface area contributed by atoms with Crippen LogP contribution in [0.5, 0.6) is 0 Å². The maximum absolute atomic E-state index is 11.5. The van der Waals surface area contributed by atoms with Gasteiger partial charge >= 0.3 is 0 Å². The summed E-state index contributed by atoms with van der Waals surface area (Å²) in [6.07, 6.45) is 4.36. The topological polar surface area (TPSA) is 84.4 Å². The van der Waals surface area contributed by atoms with Gasteiger partial charge in [0.1, 0.15) is 11.5 Å². The molecule has 0 spiro atoms. The van der Waals surface area contributed by atoms with Crippen molar-refractivity contribution < 1.29 is 4.92 Å². The number of nitrogens with two attached hydrogens (primary N) is 1. The molecule has 0 amide bonds. The minimum atomic E-state index is -0.451. The first kappa shape index (κ1) is 25.5. The average Bonchev–Trinajstić information content (AvgIpc) is 3.73. The summed E-state index contributed by atoms with van der Waals surface area (Å²) in [4.78, 5) is 13.1. The number of nitrogens with zero attached hydrogens (tertiary/aromatic N) is 2. The monoisotopic (exact) mass is 492 g/mol. The maximum Gasteiger partial charge on any atom is 0.292 e. The van der Waals surface area contributed by atoms with Crippen molar-refractivity contribution in [2.45, 2.75) is 26.7 Å². The quantitative estimate of drug-likeness (QED) is 0.143. The van der Waals surface area contributed by atoms with E-state index < -0.39 is 4.92 Å². The van der Waals surface area contributed by atoms with Crippen LogP contribution in [0.1, 0.15) is 43.4 Å². The Morgan fingerprint density at radius 3 is 2.14 bits per heavy atom. The van der Waals surface area contributed by atoms with Crippen molar-refractivity contribution in [3.8, 4) is 0 Å². The molecular formula is C31H32N4O2. The molecule has 0 radical (unpaired) electrons. The van der Waals surface area contributed by atoms with Gasteiger partial charge in [-0.15, -0.1) is 0 Å². The largest absolute Gasteiger partial charge is 0.393 e. The summed E-state index contributed by atoms with van der Waals surface area (Å²) in [7, 11) is 2.03. The number of hydrogen-bond donors (Lipinski definition) is 2. The molecule has 1 aliphatic carbocycles. The standard InChI is InChI=1S/C31H32N4O2/c1-21(27-17-18-28(32)29(19-27)35(36)37)23(3)33-31(34(4)20-24-15-16-24)30(26-13-9-6-10-14-26)22(2)25-11-7-5-8-12-25/h5-14,17-20,33H,2,15-16,32H2,1,3-4H3/b23-21+,31-30+. The lowest BCUT2D eigenvalue weighted by Crippen LogP contribution is -2.26. The molecule has 3 aromatic rings. The lowest BCUT2D eigenvalue weighted by atomic mass is 9.93. The molecule has 0 bridgehead atoms.